The van der Waals surface area contributed by atoms with E-state index in [4.69, 9.17) is 0 Å². The van der Waals surface area contributed by atoms with Crippen molar-refractivity contribution in [2.24, 2.45) is 5.92 Å². The molecule has 1 aliphatic carbocycles. The highest BCUT2D eigenvalue weighted by Crippen LogP contribution is 2.27. The van der Waals surface area contributed by atoms with Crippen molar-refractivity contribution in [3.05, 3.63) is 35.5 Å². The van der Waals surface area contributed by atoms with Crippen LogP contribution >= 0.6 is 0 Å². The Hall–Kier alpha value is -0.780. The number of rotatable bonds is 2. The molecule has 0 radical (unpaired) electrons. The van der Waals surface area contributed by atoms with Gasteiger partial charge in [0.05, 0.1) is 0 Å². The minimum atomic E-state index is 0.696. The van der Waals surface area contributed by atoms with Gasteiger partial charge in [0.25, 0.3) is 0 Å². The van der Waals surface area contributed by atoms with Gasteiger partial charge in [-0.05, 0) is 58.3 Å². The van der Waals surface area contributed by atoms with Crippen LogP contribution in [-0.4, -0.2) is 0 Å². The summed E-state index contributed by atoms with van der Waals surface area (Å²) in [5.41, 5.74) is 4.53. The predicted octanol–water partition coefficient (Wildman–Crippen LogP) is 5.43. The molecule has 0 amide bonds. The maximum Gasteiger partial charge on any atom is -0.0168 e. The fourth-order valence-electron chi connectivity index (χ4n) is 2.27. The van der Waals surface area contributed by atoms with Gasteiger partial charge in [-0.15, -0.1) is 0 Å². The summed E-state index contributed by atoms with van der Waals surface area (Å²) >= 11 is 0. The van der Waals surface area contributed by atoms with Crippen LogP contribution in [0, 0.1) is 5.92 Å². The van der Waals surface area contributed by atoms with Crippen LogP contribution in [0.4, 0.5) is 0 Å². The lowest BCUT2D eigenvalue weighted by Gasteiger charge is -2.19. The van der Waals surface area contributed by atoms with E-state index in [0.717, 1.165) is 6.42 Å². The summed E-state index contributed by atoms with van der Waals surface area (Å²) < 4.78 is 0. The molecule has 1 atom stereocenters. The molecule has 1 aliphatic rings. The van der Waals surface area contributed by atoms with Crippen LogP contribution in [-0.2, 0) is 0 Å². The van der Waals surface area contributed by atoms with Gasteiger partial charge in [-0.1, -0.05) is 42.4 Å². The molecule has 0 fully saturated rings. The first-order valence-electron chi connectivity index (χ1n) is 6.62. The van der Waals surface area contributed by atoms with Gasteiger partial charge in [-0.2, -0.15) is 0 Å². The minimum Gasteiger partial charge on any atom is -0.0996 e. The van der Waals surface area contributed by atoms with E-state index < -0.39 is 0 Å². The molecule has 0 bridgehead atoms. The lowest BCUT2D eigenvalue weighted by Crippen LogP contribution is -2.03. The molecule has 90 valence electrons. The van der Waals surface area contributed by atoms with Crippen LogP contribution in [0.3, 0.4) is 0 Å². The van der Waals surface area contributed by atoms with E-state index in [-0.39, 0.29) is 0 Å². The van der Waals surface area contributed by atoms with E-state index in [9.17, 15) is 0 Å². The third-order valence-corrected chi connectivity index (χ3v) is 3.70. The molecule has 0 saturated heterocycles. The summed E-state index contributed by atoms with van der Waals surface area (Å²) in [5, 5.41) is 0. The van der Waals surface area contributed by atoms with Gasteiger partial charge in [0.2, 0.25) is 0 Å². The van der Waals surface area contributed by atoms with E-state index in [0.29, 0.717) is 5.92 Å². The molecule has 0 heteroatoms. The number of allylic oxidation sites excluding steroid dienone is 5. The van der Waals surface area contributed by atoms with Gasteiger partial charge < -0.3 is 0 Å². The van der Waals surface area contributed by atoms with E-state index in [2.05, 4.69) is 39.5 Å². The Morgan fingerprint density at radius 2 is 1.94 bits per heavy atom. The molecule has 16 heavy (non-hydrogen) atoms. The van der Waals surface area contributed by atoms with Crippen LogP contribution in [0.5, 0.6) is 0 Å². The quantitative estimate of drug-likeness (QED) is 0.542. The second-order valence-electron chi connectivity index (χ2n) is 5.12. The molecule has 0 aromatic heterocycles. The fraction of sp³-hybridized carbons (Fsp3) is 0.625. The maximum absolute atomic E-state index is 4.22. The van der Waals surface area contributed by atoms with Crippen LogP contribution in [0.2, 0.25) is 0 Å². The summed E-state index contributed by atoms with van der Waals surface area (Å²) in [6.45, 7) is 11.0. The first kappa shape index (κ1) is 13.3. The molecular weight excluding hydrogens is 192 g/mol. The predicted molar refractivity (Wildman–Crippen MR) is 73.5 cm³/mol. The molecule has 0 aromatic carbocycles. The van der Waals surface area contributed by atoms with Crippen molar-refractivity contribution in [3.63, 3.8) is 0 Å². The van der Waals surface area contributed by atoms with Crippen LogP contribution in [0.15, 0.2) is 35.5 Å². The first-order valence-corrected chi connectivity index (χ1v) is 6.62. The lowest BCUT2D eigenvalue weighted by atomic mass is 9.87. The standard InChI is InChI=1S/C16H26/c1-5-15(4)16-11-9-13(2)7-6-8-14(3)10-12-16/h7,10,16H,4-6,8-9,11-12H2,1-3H3/b13-7+,14-10-/t16-/m1/s1. The van der Waals surface area contributed by atoms with E-state index in [1.54, 1.807) is 11.1 Å². The summed E-state index contributed by atoms with van der Waals surface area (Å²) in [7, 11) is 0. The highest BCUT2D eigenvalue weighted by Gasteiger charge is 2.11. The highest BCUT2D eigenvalue weighted by molar-refractivity contribution is 5.10. The first-order chi connectivity index (χ1) is 7.63. The molecule has 0 N–H and O–H groups in total. The van der Waals surface area contributed by atoms with Crippen LogP contribution in [0.1, 0.15) is 59.3 Å². The Balaban J connectivity index is 2.71. The molecule has 0 spiro atoms. The normalized spacial score (nSPS) is 29.8. The molecule has 0 nitrogen and oxygen atoms in total. The van der Waals surface area contributed by atoms with Crippen molar-refractivity contribution >= 4 is 0 Å². The fourth-order valence-corrected chi connectivity index (χ4v) is 2.27. The molecule has 0 aromatic rings. The Labute approximate surface area is 101 Å². The van der Waals surface area contributed by atoms with Gasteiger partial charge in [0.15, 0.2) is 0 Å². The van der Waals surface area contributed by atoms with Gasteiger partial charge in [0.1, 0.15) is 0 Å². The Bertz CT molecular complexity index is 291. The maximum atomic E-state index is 4.22. The van der Waals surface area contributed by atoms with E-state index >= 15 is 0 Å². The van der Waals surface area contributed by atoms with Crippen molar-refractivity contribution in [1.29, 1.82) is 0 Å². The van der Waals surface area contributed by atoms with Gasteiger partial charge in [-0.25, -0.2) is 0 Å². The third kappa shape index (κ3) is 4.38. The highest BCUT2D eigenvalue weighted by atomic mass is 14.2. The Morgan fingerprint density at radius 1 is 1.25 bits per heavy atom. The number of hydrogen-bond donors (Lipinski definition) is 0. The third-order valence-electron chi connectivity index (χ3n) is 3.70. The number of hydrogen-bond acceptors (Lipinski definition) is 0. The molecule has 1 rings (SSSR count). The zero-order valence-corrected chi connectivity index (χ0v) is 11.2. The second kappa shape index (κ2) is 6.73. The molecule has 0 heterocycles. The van der Waals surface area contributed by atoms with Crippen LogP contribution < -0.4 is 0 Å². The largest absolute Gasteiger partial charge is 0.0996 e. The van der Waals surface area contributed by atoms with Gasteiger partial charge >= 0.3 is 0 Å². The average Bonchev–Trinajstić information content (AvgIpc) is 2.28. The van der Waals surface area contributed by atoms with Crippen molar-refractivity contribution in [3.8, 4) is 0 Å². The molecular formula is C16H26. The zero-order chi connectivity index (χ0) is 12.0. The lowest BCUT2D eigenvalue weighted by molar-refractivity contribution is 0.548. The smallest absolute Gasteiger partial charge is 0.0168 e. The topological polar surface area (TPSA) is 0 Å². The summed E-state index contributed by atoms with van der Waals surface area (Å²) in [6.07, 6.45) is 12.1. The summed E-state index contributed by atoms with van der Waals surface area (Å²) in [6, 6.07) is 0. The van der Waals surface area contributed by atoms with E-state index in [1.807, 2.05) is 0 Å². The minimum absolute atomic E-state index is 0.696. The van der Waals surface area contributed by atoms with Gasteiger partial charge in [-0.3, -0.25) is 0 Å². The average molecular weight is 218 g/mol. The Kier molecular flexibility index (Phi) is 5.59. The molecule has 0 saturated carbocycles. The van der Waals surface area contributed by atoms with Crippen molar-refractivity contribution in [2.75, 3.05) is 0 Å². The zero-order valence-electron chi connectivity index (χ0n) is 11.2. The summed E-state index contributed by atoms with van der Waals surface area (Å²) in [5.74, 6) is 0.696. The van der Waals surface area contributed by atoms with Gasteiger partial charge in [0, 0.05) is 0 Å². The van der Waals surface area contributed by atoms with E-state index in [1.165, 1.54) is 37.7 Å². The van der Waals surface area contributed by atoms with Crippen molar-refractivity contribution in [1.82, 2.24) is 0 Å². The molecule has 0 aliphatic heterocycles. The summed E-state index contributed by atoms with van der Waals surface area (Å²) in [4.78, 5) is 0. The van der Waals surface area contributed by atoms with Crippen molar-refractivity contribution < 1.29 is 0 Å². The molecule has 0 unspecified atom stereocenters. The second-order valence-corrected chi connectivity index (χ2v) is 5.12. The Morgan fingerprint density at radius 3 is 2.62 bits per heavy atom. The SMILES string of the molecule is C=C(CC)[C@H]1C/C=C(/C)CC/C=C(\C)CC1. The van der Waals surface area contributed by atoms with Crippen LogP contribution in [0.25, 0.3) is 0 Å². The monoisotopic (exact) mass is 218 g/mol. The van der Waals surface area contributed by atoms with Crippen molar-refractivity contribution in [2.45, 2.75) is 59.3 Å².